The lowest BCUT2D eigenvalue weighted by Crippen LogP contribution is -2.44. The molecule has 0 radical (unpaired) electrons. The normalized spacial score (nSPS) is 15.7. The number of halogens is 1. The van der Waals surface area contributed by atoms with Gasteiger partial charge in [0.2, 0.25) is 5.91 Å². The maximum absolute atomic E-state index is 14.3. The summed E-state index contributed by atoms with van der Waals surface area (Å²) >= 11 is 12.4. The predicted octanol–water partition coefficient (Wildman–Crippen LogP) is 6.40. The van der Waals surface area contributed by atoms with Crippen molar-refractivity contribution in [3.05, 3.63) is 81.9 Å². The molecule has 4 rings (SSSR count). The van der Waals surface area contributed by atoms with E-state index in [-0.39, 0.29) is 37.6 Å². The van der Waals surface area contributed by atoms with E-state index in [9.17, 15) is 9.59 Å². The first-order valence-electron chi connectivity index (χ1n) is 16.5. The summed E-state index contributed by atoms with van der Waals surface area (Å²) in [5, 5.41) is 4.07. The predicted molar refractivity (Wildman–Crippen MR) is 198 cm³/mol. The van der Waals surface area contributed by atoms with Gasteiger partial charge in [0, 0.05) is 29.7 Å². The van der Waals surface area contributed by atoms with Crippen LogP contribution < -0.4 is 24.3 Å². The first kappa shape index (κ1) is 38.7. The zero-order chi connectivity index (χ0) is 36.6. The van der Waals surface area contributed by atoms with Crippen molar-refractivity contribution >= 4 is 40.7 Å². The molecule has 10 nitrogen and oxygen atoms in total. The van der Waals surface area contributed by atoms with Crippen LogP contribution in [0.1, 0.15) is 56.0 Å². The number of thiocarbonyl (C=S) groups is 1. The third kappa shape index (κ3) is 10.2. The molecule has 0 saturated carbocycles. The molecular formula is C38H48ClN3O7S. The highest BCUT2D eigenvalue weighted by Gasteiger charge is 2.34. The number of benzene rings is 3. The highest BCUT2D eigenvalue weighted by molar-refractivity contribution is 7.80. The minimum Gasteiger partial charge on any atom is -0.496 e. The largest absolute Gasteiger partial charge is 0.496 e. The van der Waals surface area contributed by atoms with Gasteiger partial charge in [-0.1, -0.05) is 48.1 Å². The van der Waals surface area contributed by atoms with Gasteiger partial charge in [-0.15, -0.1) is 0 Å². The number of methoxy groups -OCH3 is 4. The maximum atomic E-state index is 14.3. The molecule has 1 saturated heterocycles. The molecule has 3 aromatic rings. The molecule has 1 heterocycles. The van der Waals surface area contributed by atoms with E-state index < -0.39 is 11.5 Å². The molecule has 1 amide bonds. The van der Waals surface area contributed by atoms with E-state index in [1.54, 1.807) is 51.5 Å². The Balaban J connectivity index is 1.56. The van der Waals surface area contributed by atoms with Gasteiger partial charge in [-0.2, -0.15) is 0 Å². The third-order valence-corrected chi connectivity index (χ3v) is 9.11. The molecule has 270 valence electrons. The second-order valence-corrected chi connectivity index (χ2v) is 14.2. The van der Waals surface area contributed by atoms with Crippen LogP contribution in [0.25, 0.3) is 0 Å². The van der Waals surface area contributed by atoms with Crippen LogP contribution >= 0.6 is 23.8 Å². The fourth-order valence-corrected chi connectivity index (χ4v) is 6.40. The number of hydrogen-bond acceptors (Lipinski definition) is 9. The summed E-state index contributed by atoms with van der Waals surface area (Å²) in [6, 6.07) is 16.8. The number of esters is 1. The Morgan fingerprint density at radius 2 is 1.58 bits per heavy atom. The number of nitrogens with one attached hydrogen (secondary N) is 1. The Labute approximate surface area is 305 Å². The maximum Gasteiger partial charge on any atom is 0.310 e. The number of ether oxygens (including phenoxy) is 5. The molecule has 0 spiro atoms. The minimum absolute atomic E-state index is 0.0436. The lowest BCUT2D eigenvalue weighted by atomic mass is 9.96. The van der Waals surface area contributed by atoms with E-state index in [2.05, 4.69) is 5.32 Å². The molecule has 1 aliphatic heterocycles. The van der Waals surface area contributed by atoms with E-state index in [4.69, 9.17) is 47.5 Å². The summed E-state index contributed by atoms with van der Waals surface area (Å²) in [5.74, 6) is 1.67. The summed E-state index contributed by atoms with van der Waals surface area (Å²) in [5.41, 5.74) is 2.98. The van der Waals surface area contributed by atoms with Crippen LogP contribution in [0.15, 0.2) is 54.6 Å². The SMILES string of the molecule is COc1cc(OC)c(CN2C[C@@H](Cc3cc(Cl)ccc3OC)C(=O)N(CN[C@H](C)c3ccc(CC(=O)OC(C)(C)C)cc3)CC2=S)c(OC)c1. The Bertz CT molecular complexity index is 1640. The highest BCUT2D eigenvalue weighted by atomic mass is 35.5. The van der Waals surface area contributed by atoms with E-state index in [1.807, 2.05) is 69.0 Å². The molecule has 0 unspecified atom stereocenters. The second-order valence-electron chi connectivity index (χ2n) is 13.3. The molecule has 1 N–H and O–H groups in total. The molecule has 0 bridgehead atoms. The van der Waals surface area contributed by atoms with Crippen molar-refractivity contribution in [1.29, 1.82) is 0 Å². The van der Waals surface area contributed by atoms with Gasteiger partial charge in [0.05, 0.1) is 71.1 Å². The second kappa shape index (κ2) is 17.2. The zero-order valence-corrected chi connectivity index (χ0v) is 31.7. The first-order chi connectivity index (χ1) is 23.7. The Morgan fingerprint density at radius 1 is 0.940 bits per heavy atom. The van der Waals surface area contributed by atoms with Gasteiger partial charge in [-0.3, -0.25) is 14.9 Å². The number of carbonyl (C=O) groups excluding carboxylic acids is 2. The van der Waals surface area contributed by atoms with Gasteiger partial charge in [-0.05, 0) is 69.0 Å². The van der Waals surface area contributed by atoms with Crippen molar-refractivity contribution in [2.24, 2.45) is 5.92 Å². The van der Waals surface area contributed by atoms with Gasteiger partial charge in [0.25, 0.3) is 0 Å². The molecule has 0 aromatic heterocycles. The lowest BCUT2D eigenvalue weighted by molar-refractivity contribution is -0.153. The third-order valence-electron chi connectivity index (χ3n) is 8.49. The molecule has 50 heavy (non-hydrogen) atoms. The smallest absolute Gasteiger partial charge is 0.310 e. The molecule has 1 aliphatic rings. The highest BCUT2D eigenvalue weighted by Crippen LogP contribution is 2.36. The summed E-state index contributed by atoms with van der Waals surface area (Å²) in [6.07, 6.45) is 0.590. The molecule has 2 atom stereocenters. The van der Waals surface area contributed by atoms with E-state index >= 15 is 0 Å². The number of rotatable bonds is 14. The minimum atomic E-state index is -0.534. The van der Waals surface area contributed by atoms with Gasteiger partial charge >= 0.3 is 5.97 Å². The molecular weight excluding hydrogens is 678 g/mol. The lowest BCUT2D eigenvalue weighted by Gasteiger charge is -2.27. The van der Waals surface area contributed by atoms with Crippen molar-refractivity contribution < 1.29 is 33.3 Å². The fourth-order valence-electron chi connectivity index (χ4n) is 5.91. The van der Waals surface area contributed by atoms with Crippen molar-refractivity contribution in [2.75, 3.05) is 48.2 Å². The zero-order valence-electron chi connectivity index (χ0n) is 30.1. The van der Waals surface area contributed by atoms with Crippen molar-refractivity contribution in [3.63, 3.8) is 0 Å². The van der Waals surface area contributed by atoms with E-state index in [1.165, 1.54) is 0 Å². The van der Waals surface area contributed by atoms with Crippen LogP contribution in [-0.4, -0.2) is 80.5 Å². The van der Waals surface area contributed by atoms with E-state index in [0.29, 0.717) is 52.5 Å². The van der Waals surface area contributed by atoms with Crippen LogP contribution in [-0.2, 0) is 33.7 Å². The Morgan fingerprint density at radius 3 is 2.16 bits per heavy atom. The van der Waals surface area contributed by atoms with Crippen LogP contribution in [0.3, 0.4) is 0 Å². The quantitative estimate of drug-likeness (QED) is 0.149. The van der Waals surface area contributed by atoms with Gasteiger partial charge < -0.3 is 33.5 Å². The standard InChI is InChI=1S/C38H48ClN3O7S/c1-24(26-11-9-25(10-12-26)15-36(43)49-38(2,3)4)40-23-42-22-35(50)41(21-31-33(47-7)18-30(45-5)19-34(31)48-8)20-28(37(42)44)16-27-17-29(39)13-14-32(27)46-6/h9-14,17-19,24,28,40H,15-16,20-23H2,1-8H3/t24-,28-/m1/s1. The van der Waals surface area contributed by atoms with Gasteiger partial charge in [0.15, 0.2) is 0 Å². The number of amides is 1. The number of carbonyl (C=O) groups is 2. The van der Waals surface area contributed by atoms with Crippen molar-refractivity contribution in [1.82, 2.24) is 15.1 Å². The van der Waals surface area contributed by atoms with Gasteiger partial charge in [0.1, 0.15) is 28.6 Å². The Hall–Kier alpha value is -4.06. The summed E-state index contributed by atoms with van der Waals surface area (Å²) in [7, 11) is 6.38. The summed E-state index contributed by atoms with van der Waals surface area (Å²) < 4.78 is 28.0. The molecule has 12 heteroatoms. The number of hydrogen-bond donors (Lipinski definition) is 1. The van der Waals surface area contributed by atoms with Crippen molar-refractivity contribution in [2.45, 2.75) is 58.7 Å². The van der Waals surface area contributed by atoms with Crippen LogP contribution in [0, 0.1) is 5.92 Å². The van der Waals surface area contributed by atoms with Crippen molar-refractivity contribution in [3.8, 4) is 23.0 Å². The topological polar surface area (TPSA) is 98.8 Å². The monoisotopic (exact) mass is 725 g/mol. The molecule has 3 aromatic carbocycles. The number of nitrogens with zero attached hydrogens (tertiary/aromatic N) is 2. The van der Waals surface area contributed by atoms with E-state index in [0.717, 1.165) is 22.3 Å². The Kier molecular flexibility index (Phi) is 13.4. The summed E-state index contributed by atoms with van der Waals surface area (Å²) in [4.78, 5) is 31.0. The van der Waals surface area contributed by atoms with Crippen LogP contribution in [0.2, 0.25) is 5.02 Å². The van der Waals surface area contributed by atoms with Gasteiger partial charge in [-0.25, -0.2) is 0 Å². The summed E-state index contributed by atoms with van der Waals surface area (Å²) in [6.45, 7) is 8.82. The average Bonchev–Trinajstić information content (AvgIpc) is 3.18. The molecule has 1 fully saturated rings. The van der Waals surface area contributed by atoms with Crippen LogP contribution in [0.4, 0.5) is 0 Å². The molecule has 0 aliphatic carbocycles. The first-order valence-corrected chi connectivity index (χ1v) is 17.3. The van der Waals surface area contributed by atoms with Crippen LogP contribution in [0.5, 0.6) is 23.0 Å². The average molecular weight is 726 g/mol. The fraction of sp³-hybridized carbons (Fsp3) is 0.447.